The Bertz CT molecular complexity index is 178. The molecule has 0 heterocycles. The molecule has 0 N–H and O–H groups in total. The van der Waals surface area contributed by atoms with Crippen molar-refractivity contribution in [2.75, 3.05) is 0 Å². The molecule has 0 bridgehead atoms. The highest BCUT2D eigenvalue weighted by atomic mass is 79.9. The van der Waals surface area contributed by atoms with E-state index in [9.17, 15) is 0 Å². The van der Waals surface area contributed by atoms with E-state index in [1.54, 1.807) is 6.42 Å². The van der Waals surface area contributed by atoms with Crippen molar-refractivity contribution in [3.05, 3.63) is 0 Å². The molecule has 0 unspecified atom stereocenters. The molecule has 0 saturated heterocycles. The Balaban J connectivity index is 1.85. The van der Waals surface area contributed by atoms with Gasteiger partial charge in [-0.15, -0.1) is 0 Å². The van der Waals surface area contributed by atoms with Gasteiger partial charge in [-0.05, 0) is 49.9 Å². The molecule has 4 atom stereocenters. The Labute approximate surface area is 97.0 Å². The van der Waals surface area contributed by atoms with Gasteiger partial charge in [0, 0.05) is 4.83 Å². The van der Waals surface area contributed by atoms with E-state index in [0.717, 1.165) is 22.6 Å². The molecule has 0 aliphatic heterocycles. The first-order chi connectivity index (χ1) is 6.79. The van der Waals surface area contributed by atoms with Gasteiger partial charge in [-0.3, -0.25) is 0 Å². The summed E-state index contributed by atoms with van der Waals surface area (Å²) in [5.74, 6) is 3.24. The molecule has 0 radical (unpaired) electrons. The van der Waals surface area contributed by atoms with Crippen LogP contribution in [-0.2, 0) is 0 Å². The Morgan fingerprint density at radius 2 is 1.71 bits per heavy atom. The minimum Gasteiger partial charge on any atom is -0.0891 e. The average molecular weight is 259 g/mol. The third-order valence-corrected chi connectivity index (χ3v) is 5.19. The van der Waals surface area contributed by atoms with Gasteiger partial charge in [-0.2, -0.15) is 0 Å². The van der Waals surface area contributed by atoms with Crippen molar-refractivity contribution in [1.82, 2.24) is 0 Å². The molecule has 14 heavy (non-hydrogen) atoms. The molecule has 82 valence electrons. The Morgan fingerprint density at radius 1 is 1.00 bits per heavy atom. The number of halogens is 1. The van der Waals surface area contributed by atoms with E-state index in [-0.39, 0.29) is 0 Å². The van der Waals surface area contributed by atoms with Crippen LogP contribution in [0.5, 0.6) is 0 Å². The molecular weight excluding hydrogens is 236 g/mol. The van der Waals surface area contributed by atoms with Crippen LogP contribution in [0.1, 0.15) is 58.3 Å². The lowest BCUT2D eigenvalue weighted by molar-refractivity contribution is 0.129. The second kappa shape index (κ2) is 5.01. The van der Waals surface area contributed by atoms with Crippen molar-refractivity contribution in [3.8, 4) is 0 Å². The Morgan fingerprint density at radius 3 is 2.50 bits per heavy atom. The smallest absolute Gasteiger partial charge is 0.0148 e. The van der Waals surface area contributed by atoms with Crippen LogP contribution in [0, 0.1) is 17.8 Å². The first-order valence-corrected chi connectivity index (χ1v) is 7.35. The largest absolute Gasteiger partial charge is 0.0891 e. The minimum atomic E-state index is 0.839. The lowest BCUT2D eigenvalue weighted by Crippen LogP contribution is -2.31. The third-order valence-electron chi connectivity index (χ3n) is 4.35. The predicted molar refractivity (Wildman–Crippen MR) is 65.8 cm³/mol. The van der Waals surface area contributed by atoms with E-state index in [1.165, 1.54) is 44.9 Å². The first-order valence-electron chi connectivity index (χ1n) is 6.43. The molecule has 0 aromatic carbocycles. The summed E-state index contributed by atoms with van der Waals surface area (Å²) >= 11 is 3.80. The highest BCUT2D eigenvalue weighted by Crippen LogP contribution is 2.45. The Hall–Kier alpha value is 0.480. The average Bonchev–Trinajstić information content (AvgIpc) is 2.19. The van der Waals surface area contributed by atoms with Crippen molar-refractivity contribution in [2.24, 2.45) is 17.8 Å². The number of fused-ring (bicyclic) bond motifs is 1. The Kier molecular flexibility index (Phi) is 3.93. The maximum Gasteiger partial charge on any atom is 0.0148 e. The molecular formula is C13H23Br. The normalized spacial score (nSPS) is 43.3. The summed E-state index contributed by atoms with van der Waals surface area (Å²) in [6.07, 6.45) is 11.9. The number of hydrogen-bond donors (Lipinski definition) is 0. The van der Waals surface area contributed by atoms with Crippen LogP contribution in [0.4, 0.5) is 0 Å². The van der Waals surface area contributed by atoms with Gasteiger partial charge in [0.05, 0.1) is 0 Å². The molecule has 0 amide bonds. The van der Waals surface area contributed by atoms with Gasteiger partial charge in [0.1, 0.15) is 0 Å². The number of hydrogen-bond acceptors (Lipinski definition) is 0. The van der Waals surface area contributed by atoms with Crippen molar-refractivity contribution in [2.45, 2.75) is 63.1 Å². The van der Waals surface area contributed by atoms with Gasteiger partial charge in [-0.25, -0.2) is 0 Å². The summed E-state index contributed by atoms with van der Waals surface area (Å²) in [5, 5.41) is 0. The van der Waals surface area contributed by atoms with E-state index in [2.05, 4.69) is 22.9 Å². The van der Waals surface area contributed by atoms with Crippen LogP contribution in [-0.4, -0.2) is 4.83 Å². The molecule has 2 aliphatic rings. The summed E-state index contributed by atoms with van der Waals surface area (Å²) in [6, 6.07) is 0. The SMILES string of the molecule is CCC[C@H]1CC[C@@H]2C[C@@H](Br)CC[C@H]2C1. The van der Waals surface area contributed by atoms with E-state index in [0.29, 0.717) is 0 Å². The maximum atomic E-state index is 3.80. The molecule has 0 spiro atoms. The standard InChI is InChI=1S/C13H23Br/c1-2-3-10-4-5-12-9-13(14)7-6-11(12)8-10/h10-13H,2-9H2,1H3/t10-,11-,12+,13-/m0/s1. The highest BCUT2D eigenvalue weighted by Gasteiger charge is 2.34. The summed E-state index contributed by atoms with van der Waals surface area (Å²) in [7, 11) is 0. The molecule has 0 nitrogen and oxygen atoms in total. The quantitative estimate of drug-likeness (QED) is 0.627. The molecule has 2 fully saturated rings. The second-order valence-electron chi connectivity index (χ2n) is 5.40. The van der Waals surface area contributed by atoms with Crippen LogP contribution >= 0.6 is 15.9 Å². The van der Waals surface area contributed by atoms with Gasteiger partial charge in [-0.1, -0.05) is 42.1 Å². The minimum absolute atomic E-state index is 0.839. The molecule has 0 aromatic rings. The van der Waals surface area contributed by atoms with Crippen molar-refractivity contribution < 1.29 is 0 Å². The summed E-state index contributed by atoms with van der Waals surface area (Å²) in [6.45, 7) is 2.33. The molecule has 2 saturated carbocycles. The highest BCUT2D eigenvalue weighted by molar-refractivity contribution is 9.09. The summed E-state index contributed by atoms with van der Waals surface area (Å²) < 4.78 is 0. The van der Waals surface area contributed by atoms with Crippen LogP contribution in [0.15, 0.2) is 0 Å². The van der Waals surface area contributed by atoms with Gasteiger partial charge < -0.3 is 0 Å². The fourth-order valence-corrected chi connectivity index (χ4v) is 4.34. The zero-order chi connectivity index (χ0) is 9.97. The lowest BCUT2D eigenvalue weighted by Gasteiger charge is -2.41. The lowest BCUT2D eigenvalue weighted by atomic mass is 9.67. The zero-order valence-corrected chi connectivity index (χ0v) is 10.9. The predicted octanol–water partition coefficient (Wildman–Crippen LogP) is 4.77. The summed E-state index contributed by atoms with van der Waals surface area (Å²) in [4.78, 5) is 0.839. The van der Waals surface area contributed by atoms with Crippen molar-refractivity contribution >= 4 is 15.9 Å². The van der Waals surface area contributed by atoms with Crippen molar-refractivity contribution in [1.29, 1.82) is 0 Å². The van der Waals surface area contributed by atoms with Gasteiger partial charge in [0.25, 0.3) is 0 Å². The fraction of sp³-hybridized carbons (Fsp3) is 1.00. The second-order valence-corrected chi connectivity index (χ2v) is 6.69. The van der Waals surface area contributed by atoms with Crippen LogP contribution in [0.2, 0.25) is 0 Å². The molecule has 0 aromatic heterocycles. The molecule has 2 rings (SSSR count). The van der Waals surface area contributed by atoms with E-state index >= 15 is 0 Å². The topological polar surface area (TPSA) is 0 Å². The monoisotopic (exact) mass is 258 g/mol. The fourth-order valence-electron chi connectivity index (χ4n) is 3.60. The van der Waals surface area contributed by atoms with E-state index in [1.807, 2.05) is 0 Å². The van der Waals surface area contributed by atoms with E-state index < -0.39 is 0 Å². The van der Waals surface area contributed by atoms with Crippen LogP contribution < -0.4 is 0 Å². The zero-order valence-electron chi connectivity index (χ0n) is 9.34. The van der Waals surface area contributed by atoms with Gasteiger partial charge >= 0.3 is 0 Å². The molecule has 1 heteroatoms. The number of rotatable bonds is 2. The number of alkyl halides is 1. The summed E-state index contributed by atoms with van der Waals surface area (Å²) in [5.41, 5.74) is 0. The van der Waals surface area contributed by atoms with E-state index in [4.69, 9.17) is 0 Å². The molecule has 2 aliphatic carbocycles. The maximum absolute atomic E-state index is 3.80. The van der Waals surface area contributed by atoms with Crippen LogP contribution in [0.3, 0.4) is 0 Å². The van der Waals surface area contributed by atoms with Gasteiger partial charge in [0.15, 0.2) is 0 Å². The van der Waals surface area contributed by atoms with Crippen molar-refractivity contribution in [3.63, 3.8) is 0 Å². The van der Waals surface area contributed by atoms with Gasteiger partial charge in [0.2, 0.25) is 0 Å². The van der Waals surface area contributed by atoms with Crippen LogP contribution in [0.25, 0.3) is 0 Å². The first kappa shape index (κ1) is 11.0. The third kappa shape index (κ3) is 2.53.